The Morgan fingerprint density at radius 1 is 0.692 bits per heavy atom. The molecule has 9 heteroatoms. The van der Waals surface area contributed by atoms with Gasteiger partial charge >= 0.3 is 6.03 Å². The monoisotopic (exact) mass is 527 g/mol. The predicted octanol–water partition coefficient (Wildman–Crippen LogP) is 4.92. The van der Waals surface area contributed by atoms with Crippen molar-refractivity contribution in [2.24, 2.45) is 5.41 Å². The highest BCUT2D eigenvalue weighted by molar-refractivity contribution is 6.03. The summed E-state index contributed by atoms with van der Waals surface area (Å²) < 4.78 is 0. The third kappa shape index (κ3) is 5.72. The van der Waals surface area contributed by atoms with Crippen molar-refractivity contribution in [2.45, 2.75) is 33.1 Å². The number of rotatable bonds is 4. The molecule has 1 spiro atoms. The second-order valence-electron chi connectivity index (χ2n) is 10.5. The molecule has 3 aromatic rings. The summed E-state index contributed by atoms with van der Waals surface area (Å²) in [4.78, 5) is 53.4. The van der Waals surface area contributed by atoms with Gasteiger partial charge in [0.25, 0.3) is 5.91 Å². The summed E-state index contributed by atoms with van der Waals surface area (Å²) in [7, 11) is 0. The molecular formula is C30H33N5O4. The first-order valence-electron chi connectivity index (χ1n) is 13.3. The van der Waals surface area contributed by atoms with Gasteiger partial charge < -0.3 is 25.8 Å². The third-order valence-corrected chi connectivity index (χ3v) is 7.76. The molecule has 3 N–H and O–H groups in total. The largest absolute Gasteiger partial charge is 0.338 e. The van der Waals surface area contributed by atoms with E-state index in [1.807, 2.05) is 52.3 Å². The number of fused-ring (bicyclic) bond motifs is 1. The quantitative estimate of drug-likeness (QED) is 0.447. The molecule has 5 rings (SSSR count). The molecule has 9 nitrogen and oxygen atoms in total. The van der Waals surface area contributed by atoms with Gasteiger partial charge in [-0.3, -0.25) is 14.4 Å². The van der Waals surface area contributed by atoms with Crippen molar-refractivity contribution in [3.05, 3.63) is 66.2 Å². The van der Waals surface area contributed by atoms with Crippen molar-refractivity contribution in [2.75, 3.05) is 42.1 Å². The van der Waals surface area contributed by atoms with Crippen molar-refractivity contribution in [3.8, 4) is 0 Å². The van der Waals surface area contributed by atoms with Crippen LogP contribution in [0.2, 0.25) is 0 Å². The number of benzene rings is 3. The molecule has 0 aliphatic carbocycles. The van der Waals surface area contributed by atoms with Gasteiger partial charge in [0.2, 0.25) is 11.8 Å². The lowest BCUT2D eigenvalue weighted by atomic mass is 9.78. The molecule has 3 aromatic carbocycles. The van der Waals surface area contributed by atoms with E-state index in [4.69, 9.17) is 0 Å². The van der Waals surface area contributed by atoms with Gasteiger partial charge in [-0.25, -0.2) is 4.79 Å². The Bertz CT molecular complexity index is 1440. The van der Waals surface area contributed by atoms with Crippen molar-refractivity contribution in [1.29, 1.82) is 0 Å². The van der Waals surface area contributed by atoms with Crippen LogP contribution in [0.4, 0.5) is 21.9 Å². The minimum absolute atomic E-state index is 0.0114. The first-order valence-corrected chi connectivity index (χ1v) is 13.3. The van der Waals surface area contributed by atoms with Crippen molar-refractivity contribution < 1.29 is 19.2 Å². The van der Waals surface area contributed by atoms with E-state index < -0.39 is 0 Å². The van der Waals surface area contributed by atoms with Crippen molar-refractivity contribution in [1.82, 2.24) is 9.80 Å². The fourth-order valence-electron chi connectivity index (χ4n) is 5.68. The van der Waals surface area contributed by atoms with Gasteiger partial charge in [-0.05, 0) is 54.3 Å². The van der Waals surface area contributed by atoms with Crippen LogP contribution in [0.25, 0.3) is 10.8 Å². The van der Waals surface area contributed by atoms with E-state index in [-0.39, 0.29) is 29.2 Å². The van der Waals surface area contributed by atoms with E-state index >= 15 is 0 Å². The number of hydrogen-bond donors (Lipinski definition) is 3. The van der Waals surface area contributed by atoms with Crippen molar-refractivity contribution >= 4 is 51.6 Å². The molecule has 202 valence electrons. The summed E-state index contributed by atoms with van der Waals surface area (Å²) >= 11 is 0. The maximum atomic E-state index is 13.4. The first kappa shape index (κ1) is 26.2. The number of anilines is 3. The van der Waals surface area contributed by atoms with Crippen LogP contribution in [0, 0.1) is 5.41 Å². The Balaban J connectivity index is 1.21. The number of hydrogen-bond acceptors (Lipinski definition) is 4. The average Bonchev–Trinajstić information content (AvgIpc) is 3.32. The van der Waals surface area contributed by atoms with E-state index in [1.165, 1.54) is 13.8 Å². The Labute approximate surface area is 227 Å². The smallest absolute Gasteiger partial charge is 0.321 e. The molecule has 0 saturated carbocycles. The number of amides is 5. The Hall–Kier alpha value is -4.40. The van der Waals surface area contributed by atoms with E-state index in [0.717, 1.165) is 35.7 Å². The Morgan fingerprint density at radius 3 is 2.05 bits per heavy atom. The topological polar surface area (TPSA) is 111 Å². The van der Waals surface area contributed by atoms with E-state index in [1.54, 1.807) is 18.2 Å². The molecular weight excluding hydrogens is 494 g/mol. The van der Waals surface area contributed by atoms with Crippen LogP contribution in [0.5, 0.6) is 0 Å². The number of likely N-dealkylation sites (tertiary alicyclic amines) is 2. The van der Waals surface area contributed by atoms with Crippen LogP contribution in [-0.4, -0.2) is 59.7 Å². The molecule has 2 fully saturated rings. The summed E-state index contributed by atoms with van der Waals surface area (Å²) in [5, 5.41) is 10.6. The van der Waals surface area contributed by atoms with Gasteiger partial charge in [0, 0.05) is 51.0 Å². The molecule has 2 aliphatic heterocycles. The molecule has 5 amide bonds. The molecule has 39 heavy (non-hydrogen) atoms. The number of nitrogens with zero attached hydrogens (tertiary/aromatic N) is 2. The minimum atomic E-state index is -0.289. The van der Waals surface area contributed by atoms with Crippen molar-refractivity contribution in [3.63, 3.8) is 0 Å². The maximum Gasteiger partial charge on any atom is 0.321 e. The van der Waals surface area contributed by atoms with E-state index in [9.17, 15) is 19.2 Å². The predicted molar refractivity (Wildman–Crippen MR) is 152 cm³/mol. The zero-order valence-electron chi connectivity index (χ0n) is 22.3. The number of carbonyl (C=O) groups is 4. The second-order valence-corrected chi connectivity index (χ2v) is 10.5. The lowest BCUT2D eigenvalue weighted by Gasteiger charge is -2.39. The summed E-state index contributed by atoms with van der Waals surface area (Å²) in [6, 6.07) is 18.7. The van der Waals surface area contributed by atoms with Gasteiger partial charge in [0.15, 0.2) is 0 Å². The number of urea groups is 1. The summed E-state index contributed by atoms with van der Waals surface area (Å²) in [5.41, 5.74) is 2.09. The average molecular weight is 528 g/mol. The maximum absolute atomic E-state index is 13.4. The van der Waals surface area contributed by atoms with Crippen LogP contribution in [0.3, 0.4) is 0 Å². The lowest BCUT2D eigenvalue weighted by molar-refractivity contribution is -0.115. The highest BCUT2D eigenvalue weighted by Crippen LogP contribution is 2.41. The highest BCUT2D eigenvalue weighted by Gasteiger charge is 2.43. The molecule has 2 saturated heterocycles. The lowest BCUT2D eigenvalue weighted by Crippen LogP contribution is -2.46. The molecule has 0 radical (unpaired) electrons. The summed E-state index contributed by atoms with van der Waals surface area (Å²) in [6.07, 6.45) is 2.55. The van der Waals surface area contributed by atoms with Gasteiger partial charge in [-0.15, -0.1) is 0 Å². The van der Waals surface area contributed by atoms with Crippen LogP contribution >= 0.6 is 0 Å². The Kier molecular flexibility index (Phi) is 7.24. The van der Waals surface area contributed by atoms with Gasteiger partial charge in [-0.2, -0.15) is 0 Å². The fourth-order valence-corrected chi connectivity index (χ4v) is 5.68. The zero-order valence-corrected chi connectivity index (χ0v) is 22.3. The van der Waals surface area contributed by atoms with E-state index in [2.05, 4.69) is 16.0 Å². The summed E-state index contributed by atoms with van der Waals surface area (Å²) in [5.74, 6) is -0.661. The first-order chi connectivity index (χ1) is 18.7. The van der Waals surface area contributed by atoms with Gasteiger partial charge in [0.1, 0.15) is 0 Å². The SMILES string of the molecule is CC(=O)Nc1ccc(C(=O)N2CCC3(CCN(C(=O)Nc4cccc5ccccc45)CC3)C2)cc1NC(C)=O. The molecule has 0 atom stereocenters. The van der Waals surface area contributed by atoms with Gasteiger partial charge in [0.05, 0.1) is 17.1 Å². The molecule has 0 unspecified atom stereocenters. The van der Waals surface area contributed by atoms with E-state index in [0.29, 0.717) is 43.1 Å². The normalized spacial score (nSPS) is 16.3. The van der Waals surface area contributed by atoms with Crippen LogP contribution in [0.1, 0.15) is 43.5 Å². The van der Waals surface area contributed by atoms with Crippen LogP contribution < -0.4 is 16.0 Å². The second kappa shape index (κ2) is 10.8. The molecule has 2 aliphatic rings. The number of carbonyl (C=O) groups excluding carboxylic acids is 4. The molecule has 2 heterocycles. The van der Waals surface area contributed by atoms with Crippen LogP contribution in [0.15, 0.2) is 60.7 Å². The van der Waals surface area contributed by atoms with Crippen LogP contribution in [-0.2, 0) is 9.59 Å². The highest BCUT2D eigenvalue weighted by atomic mass is 16.2. The third-order valence-electron chi connectivity index (χ3n) is 7.76. The Morgan fingerprint density at radius 2 is 1.33 bits per heavy atom. The fraction of sp³-hybridized carbons (Fsp3) is 0.333. The minimum Gasteiger partial charge on any atom is -0.338 e. The molecule has 0 aromatic heterocycles. The number of piperidine rings is 1. The standard InChI is InChI=1S/C30H33N5O4/c1-20(36)31-26-11-10-23(18-27(26)32-21(2)37)28(38)35-17-14-30(19-35)12-15-34(16-13-30)29(39)33-25-9-5-7-22-6-3-4-8-24(22)25/h3-11,18H,12-17,19H2,1-2H3,(H,31,36)(H,32,37)(H,33,39). The zero-order chi connectivity index (χ0) is 27.6. The number of nitrogens with one attached hydrogen (secondary N) is 3. The molecule has 0 bridgehead atoms. The van der Waals surface area contributed by atoms with Gasteiger partial charge in [-0.1, -0.05) is 36.4 Å². The summed E-state index contributed by atoms with van der Waals surface area (Å²) in [6.45, 7) is 5.31.